The Morgan fingerprint density at radius 1 is 1.75 bits per heavy atom. The molecular weight excluding hydrogens is 226 g/mol. The molecule has 2 heterocycles. The van der Waals surface area contributed by atoms with Gasteiger partial charge in [-0.1, -0.05) is 0 Å². The average Bonchev–Trinajstić information content (AvgIpc) is 2.64. The Bertz CT molecular complexity index is 380. The summed E-state index contributed by atoms with van der Waals surface area (Å²) in [5.41, 5.74) is 0.918. The second kappa shape index (κ2) is 4.90. The molecule has 1 aromatic rings. The average molecular weight is 241 g/mol. The van der Waals surface area contributed by atoms with Gasteiger partial charge in [-0.15, -0.1) is 11.3 Å². The van der Waals surface area contributed by atoms with E-state index < -0.39 is 0 Å². The first-order valence-corrected chi connectivity index (χ1v) is 6.13. The van der Waals surface area contributed by atoms with E-state index in [9.17, 15) is 4.79 Å². The third-order valence-corrected chi connectivity index (χ3v) is 3.32. The van der Waals surface area contributed by atoms with Crippen molar-refractivity contribution in [2.75, 3.05) is 18.5 Å². The summed E-state index contributed by atoms with van der Waals surface area (Å²) in [6, 6.07) is -0.294. The summed E-state index contributed by atoms with van der Waals surface area (Å²) in [7, 11) is 0. The summed E-state index contributed by atoms with van der Waals surface area (Å²) in [6.07, 6.45) is -0.102. The normalized spacial score (nSPS) is 25.4. The summed E-state index contributed by atoms with van der Waals surface area (Å²) in [6.45, 7) is 5.15. The molecule has 5 nitrogen and oxygen atoms in total. The number of aromatic nitrogens is 1. The molecule has 0 unspecified atom stereocenters. The molecule has 0 bridgehead atoms. The molecule has 0 saturated carbocycles. The van der Waals surface area contributed by atoms with Gasteiger partial charge in [-0.25, -0.2) is 4.98 Å². The van der Waals surface area contributed by atoms with E-state index in [0.717, 1.165) is 5.69 Å². The van der Waals surface area contributed by atoms with E-state index in [1.807, 2.05) is 19.2 Å². The van der Waals surface area contributed by atoms with Crippen molar-refractivity contribution in [3.8, 4) is 0 Å². The molecule has 6 heteroatoms. The Balaban J connectivity index is 1.96. The first kappa shape index (κ1) is 11.5. The van der Waals surface area contributed by atoms with Crippen LogP contribution >= 0.6 is 11.3 Å². The molecule has 2 atom stereocenters. The van der Waals surface area contributed by atoms with Crippen LogP contribution in [0.2, 0.25) is 0 Å². The van der Waals surface area contributed by atoms with Gasteiger partial charge >= 0.3 is 0 Å². The van der Waals surface area contributed by atoms with Crippen LogP contribution in [0, 0.1) is 6.92 Å². The molecule has 1 fully saturated rings. The molecule has 1 amide bonds. The minimum Gasteiger partial charge on any atom is -0.375 e. The Kier molecular flexibility index (Phi) is 3.52. The molecule has 1 aliphatic heterocycles. The highest BCUT2D eigenvalue weighted by atomic mass is 32.1. The van der Waals surface area contributed by atoms with Gasteiger partial charge in [0, 0.05) is 11.9 Å². The van der Waals surface area contributed by atoms with E-state index in [-0.39, 0.29) is 18.1 Å². The Labute approximate surface area is 98.2 Å². The van der Waals surface area contributed by atoms with E-state index in [0.29, 0.717) is 18.3 Å². The van der Waals surface area contributed by atoms with Gasteiger partial charge < -0.3 is 15.4 Å². The second-order valence-corrected chi connectivity index (χ2v) is 4.65. The van der Waals surface area contributed by atoms with Crippen molar-refractivity contribution in [1.29, 1.82) is 0 Å². The number of hydrogen-bond donors (Lipinski definition) is 2. The molecule has 16 heavy (non-hydrogen) atoms. The zero-order chi connectivity index (χ0) is 11.5. The molecule has 2 rings (SSSR count). The lowest BCUT2D eigenvalue weighted by molar-refractivity contribution is -0.123. The van der Waals surface area contributed by atoms with Gasteiger partial charge in [-0.2, -0.15) is 0 Å². The van der Waals surface area contributed by atoms with Crippen LogP contribution in [0.5, 0.6) is 0 Å². The monoisotopic (exact) mass is 241 g/mol. The maximum absolute atomic E-state index is 11.9. The molecular formula is C10H15N3O2S. The molecule has 0 radical (unpaired) electrons. The van der Waals surface area contributed by atoms with Crippen LogP contribution in [0.25, 0.3) is 0 Å². The third kappa shape index (κ3) is 2.58. The maximum Gasteiger partial charge on any atom is 0.245 e. The van der Waals surface area contributed by atoms with Crippen molar-refractivity contribution in [3.63, 3.8) is 0 Å². The number of amides is 1. The predicted octanol–water partition coefficient (Wildman–Crippen LogP) is 0.767. The fraction of sp³-hybridized carbons (Fsp3) is 0.600. The van der Waals surface area contributed by atoms with Gasteiger partial charge in [0.15, 0.2) is 5.13 Å². The standard InChI is InChI=1S/C10H15N3O2S/c1-6-5-16-10(12-6)13-9(14)8-7(2)15-4-3-11-8/h5,7-8,11H,3-4H2,1-2H3,(H,12,13,14)/t7-,8+/m1/s1. The molecule has 0 aliphatic carbocycles. The van der Waals surface area contributed by atoms with Crippen molar-refractivity contribution in [3.05, 3.63) is 11.1 Å². The lowest BCUT2D eigenvalue weighted by Gasteiger charge is -2.28. The van der Waals surface area contributed by atoms with E-state index in [1.165, 1.54) is 11.3 Å². The quantitative estimate of drug-likeness (QED) is 0.802. The van der Waals surface area contributed by atoms with Crippen LogP contribution in [-0.4, -0.2) is 36.2 Å². The summed E-state index contributed by atoms with van der Waals surface area (Å²) in [5, 5.41) is 8.47. The summed E-state index contributed by atoms with van der Waals surface area (Å²) in [5.74, 6) is -0.0819. The topological polar surface area (TPSA) is 63.2 Å². The molecule has 0 spiro atoms. The number of morpholine rings is 1. The lowest BCUT2D eigenvalue weighted by atomic mass is 10.1. The van der Waals surface area contributed by atoms with Gasteiger partial charge in [0.25, 0.3) is 0 Å². The summed E-state index contributed by atoms with van der Waals surface area (Å²) in [4.78, 5) is 16.1. The van der Waals surface area contributed by atoms with Crippen molar-refractivity contribution < 1.29 is 9.53 Å². The number of ether oxygens (including phenoxy) is 1. The van der Waals surface area contributed by atoms with E-state index in [4.69, 9.17) is 4.74 Å². The maximum atomic E-state index is 11.9. The molecule has 1 aliphatic rings. The molecule has 2 N–H and O–H groups in total. The zero-order valence-electron chi connectivity index (χ0n) is 9.32. The van der Waals surface area contributed by atoms with Crippen molar-refractivity contribution in [2.45, 2.75) is 26.0 Å². The number of rotatable bonds is 2. The molecule has 1 aromatic heterocycles. The van der Waals surface area contributed by atoms with Crippen LogP contribution in [-0.2, 0) is 9.53 Å². The first-order chi connectivity index (χ1) is 7.66. The molecule has 0 aromatic carbocycles. The molecule has 88 valence electrons. The lowest BCUT2D eigenvalue weighted by Crippen LogP contribution is -2.53. The number of nitrogens with zero attached hydrogens (tertiary/aromatic N) is 1. The van der Waals surface area contributed by atoms with Crippen molar-refractivity contribution in [2.24, 2.45) is 0 Å². The zero-order valence-corrected chi connectivity index (χ0v) is 10.1. The van der Waals surface area contributed by atoms with Gasteiger partial charge in [-0.3, -0.25) is 4.79 Å². The van der Waals surface area contributed by atoms with Crippen LogP contribution in [0.1, 0.15) is 12.6 Å². The Morgan fingerprint density at radius 3 is 3.19 bits per heavy atom. The van der Waals surface area contributed by atoms with Crippen LogP contribution < -0.4 is 10.6 Å². The van der Waals surface area contributed by atoms with E-state index in [1.54, 1.807) is 0 Å². The highest BCUT2D eigenvalue weighted by Crippen LogP contribution is 2.15. The minimum absolute atomic E-state index is 0.0819. The number of carbonyl (C=O) groups is 1. The van der Waals surface area contributed by atoms with E-state index >= 15 is 0 Å². The number of aryl methyl sites for hydroxylation is 1. The highest BCUT2D eigenvalue weighted by molar-refractivity contribution is 7.13. The summed E-state index contributed by atoms with van der Waals surface area (Å²) < 4.78 is 5.41. The van der Waals surface area contributed by atoms with Crippen molar-refractivity contribution >= 4 is 22.4 Å². The van der Waals surface area contributed by atoms with Crippen LogP contribution in [0.3, 0.4) is 0 Å². The number of thiazole rings is 1. The largest absolute Gasteiger partial charge is 0.375 e. The predicted molar refractivity (Wildman–Crippen MR) is 62.7 cm³/mol. The fourth-order valence-electron chi connectivity index (χ4n) is 1.62. The van der Waals surface area contributed by atoms with Crippen LogP contribution in [0.4, 0.5) is 5.13 Å². The summed E-state index contributed by atoms with van der Waals surface area (Å²) >= 11 is 1.43. The molecule has 1 saturated heterocycles. The van der Waals surface area contributed by atoms with Gasteiger partial charge in [-0.05, 0) is 13.8 Å². The highest BCUT2D eigenvalue weighted by Gasteiger charge is 2.28. The smallest absolute Gasteiger partial charge is 0.245 e. The minimum atomic E-state index is -0.294. The number of anilines is 1. The van der Waals surface area contributed by atoms with Gasteiger partial charge in [0.05, 0.1) is 18.4 Å². The second-order valence-electron chi connectivity index (χ2n) is 3.79. The third-order valence-electron chi connectivity index (χ3n) is 2.45. The van der Waals surface area contributed by atoms with Crippen molar-refractivity contribution in [1.82, 2.24) is 10.3 Å². The SMILES string of the molecule is Cc1csc(NC(=O)[C@H]2NCCO[C@@H]2C)n1. The Hall–Kier alpha value is -0.980. The number of hydrogen-bond acceptors (Lipinski definition) is 5. The van der Waals surface area contributed by atoms with Crippen LogP contribution in [0.15, 0.2) is 5.38 Å². The number of carbonyl (C=O) groups excluding carboxylic acids is 1. The van der Waals surface area contributed by atoms with Gasteiger partial charge in [0.2, 0.25) is 5.91 Å². The Morgan fingerprint density at radius 2 is 2.56 bits per heavy atom. The number of nitrogens with one attached hydrogen (secondary N) is 2. The fourth-order valence-corrected chi connectivity index (χ4v) is 2.31. The van der Waals surface area contributed by atoms with E-state index in [2.05, 4.69) is 15.6 Å². The van der Waals surface area contributed by atoms with Gasteiger partial charge in [0.1, 0.15) is 6.04 Å². The first-order valence-electron chi connectivity index (χ1n) is 5.25.